The summed E-state index contributed by atoms with van der Waals surface area (Å²) < 4.78 is 2.54. The van der Waals surface area contributed by atoms with Crippen LogP contribution in [0.3, 0.4) is 0 Å². The third-order valence-corrected chi connectivity index (χ3v) is 11.0. The maximum atomic E-state index is 12.3. The Morgan fingerprint density at radius 2 is 1.60 bits per heavy atom. The topological polar surface area (TPSA) is 69.9 Å². The van der Waals surface area contributed by atoms with Gasteiger partial charge in [0.1, 0.15) is 6.54 Å². The average molecular weight is 649 g/mol. The van der Waals surface area contributed by atoms with Gasteiger partial charge in [-0.15, -0.1) is 5.06 Å². The molecule has 5 aliphatic rings. The van der Waals surface area contributed by atoms with Crippen LogP contribution in [0.2, 0.25) is 0 Å². The molecule has 2 aromatic rings. The molecule has 1 fully saturated rings. The van der Waals surface area contributed by atoms with Crippen LogP contribution in [0.4, 0.5) is 11.4 Å². The molecule has 2 amide bonds. The minimum atomic E-state index is -0.518. The molecule has 5 aliphatic heterocycles. The highest BCUT2D eigenvalue weighted by Crippen LogP contribution is 2.53. The molecule has 252 valence electrons. The van der Waals surface area contributed by atoms with Crippen molar-refractivity contribution in [2.45, 2.75) is 110 Å². The van der Waals surface area contributed by atoms with E-state index in [1.165, 1.54) is 51.5 Å². The molecular weight excluding hydrogens is 598 g/mol. The Morgan fingerprint density at radius 1 is 0.875 bits per heavy atom. The highest BCUT2D eigenvalue weighted by atomic mass is 16.7. The summed E-state index contributed by atoms with van der Waals surface area (Å²) in [6.07, 6.45) is 19.7. The largest absolute Gasteiger partial charge is 0.344 e. The Hall–Kier alpha value is -4.26. The first-order valence-electron chi connectivity index (χ1n) is 17.5. The lowest BCUT2D eigenvalue weighted by Crippen LogP contribution is -2.32. The Bertz CT molecular complexity index is 1750. The molecule has 5 heterocycles. The number of carbonyl (C=O) groups excluding carboxylic acids is 3. The van der Waals surface area contributed by atoms with Crippen molar-refractivity contribution >= 4 is 34.9 Å². The van der Waals surface area contributed by atoms with Crippen LogP contribution in [0.15, 0.2) is 72.5 Å². The number of allylic oxidation sites excluding steroid dienone is 6. The van der Waals surface area contributed by atoms with Crippen LogP contribution in [-0.4, -0.2) is 46.2 Å². The number of hydrogen-bond acceptors (Lipinski definition) is 5. The summed E-state index contributed by atoms with van der Waals surface area (Å²) in [5.41, 5.74) is 11.1. The number of benzene rings is 2. The first kappa shape index (κ1) is 33.6. The molecule has 0 aromatic heterocycles. The fourth-order valence-electron chi connectivity index (χ4n) is 8.57. The third-order valence-electron chi connectivity index (χ3n) is 11.0. The number of amides is 2. The molecule has 1 saturated heterocycles. The maximum absolute atomic E-state index is 12.3. The van der Waals surface area contributed by atoms with E-state index in [-0.39, 0.29) is 37.5 Å². The lowest BCUT2D eigenvalue weighted by Gasteiger charge is -2.32. The zero-order valence-corrected chi connectivity index (χ0v) is 28.0. The van der Waals surface area contributed by atoms with Crippen molar-refractivity contribution in [3.05, 3.63) is 94.7 Å². The van der Waals surface area contributed by atoms with Crippen molar-refractivity contribution in [1.82, 2.24) is 5.06 Å². The Labute approximate surface area is 285 Å². The number of rotatable bonds is 10. The third kappa shape index (κ3) is 5.75. The lowest BCUT2D eigenvalue weighted by atomic mass is 9.76. The summed E-state index contributed by atoms with van der Waals surface area (Å²) in [6.45, 7) is 9.17. The zero-order chi connectivity index (χ0) is 32.8. The number of aryl methyl sites for hydroxylation is 2. The van der Waals surface area contributed by atoms with E-state index in [0.29, 0.717) is 11.5 Å². The number of nitrogens with zero attached hydrogens (tertiary/aromatic N) is 3. The molecule has 2 aromatic carbocycles. The van der Waals surface area contributed by atoms with Gasteiger partial charge in [0.15, 0.2) is 5.71 Å². The fourth-order valence-corrected chi connectivity index (χ4v) is 8.57. The van der Waals surface area contributed by atoms with E-state index in [1.807, 2.05) is 0 Å². The van der Waals surface area contributed by atoms with Gasteiger partial charge in [-0.25, -0.2) is 4.79 Å². The van der Waals surface area contributed by atoms with Gasteiger partial charge in [-0.3, -0.25) is 9.59 Å². The zero-order valence-electron chi connectivity index (χ0n) is 28.0. The van der Waals surface area contributed by atoms with E-state index in [4.69, 9.17) is 4.84 Å². The summed E-state index contributed by atoms with van der Waals surface area (Å²) in [5.74, 6) is -1.39. The predicted octanol–water partition coefficient (Wildman–Crippen LogP) is 7.92. The van der Waals surface area contributed by atoms with Crippen LogP contribution in [0.5, 0.6) is 0 Å². The summed E-state index contributed by atoms with van der Waals surface area (Å²) in [5, 5.41) is 0.641. The number of imide groups is 1. The molecule has 0 bridgehead atoms. The van der Waals surface area contributed by atoms with E-state index in [1.54, 1.807) is 0 Å². The highest BCUT2D eigenvalue weighted by Gasteiger charge is 2.47. The molecule has 0 spiro atoms. The molecular formula is C41H50N3O4+. The van der Waals surface area contributed by atoms with E-state index in [9.17, 15) is 14.4 Å². The van der Waals surface area contributed by atoms with Gasteiger partial charge in [0, 0.05) is 66.2 Å². The van der Waals surface area contributed by atoms with E-state index in [2.05, 4.69) is 97.0 Å². The van der Waals surface area contributed by atoms with Gasteiger partial charge in [-0.2, -0.15) is 4.58 Å². The van der Waals surface area contributed by atoms with Crippen LogP contribution in [0, 0.1) is 0 Å². The molecule has 48 heavy (non-hydrogen) atoms. The van der Waals surface area contributed by atoms with Crippen molar-refractivity contribution in [1.29, 1.82) is 0 Å². The van der Waals surface area contributed by atoms with Crippen molar-refractivity contribution < 1.29 is 23.8 Å². The van der Waals surface area contributed by atoms with Crippen molar-refractivity contribution in [2.75, 3.05) is 18.0 Å². The quantitative estimate of drug-likeness (QED) is 0.113. The Balaban J connectivity index is 0.00000401. The lowest BCUT2D eigenvalue weighted by molar-refractivity contribution is -0.443. The van der Waals surface area contributed by atoms with Crippen molar-refractivity contribution in [2.24, 2.45) is 0 Å². The predicted molar refractivity (Wildman–Crippen MR) is 190 cm³/mol. The normalized spacial score (nSPS) is 23.0. The first-order chi connectivity index (χ1) is 22.7. The number of para-hydroxylation sites is 2. The second-order valence-corrected chi connectivity index (χ2v) is 14.4. The molecule has 7 rings (SSSR count). The molecule has 0 radical (unpaired) electrons. The summed E-state index contributed by atoms with van der Waals surface area (Å²) in [4.78, 5) is 43.5. The number of unbranched alkanes of at least 4 members (excludes halogenated alkanes) is 2. The molecule has 1 unspecified atom stereocenters. The monoisotopic (exact) mass is 648 g/mol. The summed E-state index contributed by atoms with van der Waals surface area (Å²) in [7, 11) is 0. The van der Waals surface area contributed by atoms with Gasteiger partial charge >= 0.3 is 5.97 Å². The van der Waals surface area contributed by atoms with Crippen LogP contribution in [0.1, 0.15) is 108 Å². The fraction of sp³-hybridized carbons (Fsp3) is 0.463. The van der Waals surface area contributed by atoms with E-state index < -0.39 is 17.8 Å². The van der Waals surface area contributed by atoms with Gasteiger partial charge in [-0.1, -0.05) is 74.9 Å². The summed E-state index contributed by atoms with van der Waals surface area (Å²) in [6, 6.07) is 13.6. The number of hydroxylamine groups is 2. The van der Waals surface area contributed by atoms with E-state index >= 15 is 0 Å². The smallest absolute Gasteiger partial charge is 0.333 e. The van der Waals surface area contributed by atoms with Crippen LogP contribution >= 0.6 is 0 Å². The first-order valence-corrected chi connectivity index (χ1v) is 17.5. The number of carbonyl (C=O) groups is 3. The van der Waals surface area contributed by atoms with Crippen LogP contribution < -0.4 is 4.90 Å². The minimum absolute atomic E-state index is 0. The Kier molecular flexibility index (Phi) is 9.34. The maximum Gasteiger partial charge on any atom is 0.333 e. The minimum Gasteiger partial charge on any atom is -0.344 e. The van der Waals surface area contributed by atoms with Crippen LogP contribution in [-0.2, 0) is 42.9 Å². The molecule has 7 heteroatoms. The van der Waals surface area contributed by atoms with Gasteiger partial charge in [0.2, 0.25) is 5.69 Å². The number of anilines is 1. The van der Waals surface area contributed by atoms with Gasteiger partial charge in [0.25, 0.3) is 11.8 Å². The van der Waals surface area contributed by atoms with Gasteiger partial charge in [0.05, 0.1) is 5.41 Å². The van der Waals surface area contributed by atoms with Crippen LogP contribution in [0.25, 0.3) is 0 Å². The van der Waals surface area contributed by atoms with E-state index in [0.717, 1.165) is 51.6 Å². The molecule has 0 N–H and O–H groups in total. The molecule has 0 saturated carbocycles. The second kappa shape index (κ2) is 13.3. The molecule has 7 nitrogen and oxygen atoms in total. The SMILES string of the molecule is C.CC1(C)C(C=CC=CC=C2N3CCCc4cccc(c43)C2(C)CCCCCC(=O)ON2C(=O)CCC2=O)=[N+]2CCCc3cccc1c32. The average Bonchev–Trinajstić information content (AvgIpc) is 3.59. The number of hydrogen-bond donors (Lipinski definition) is 0. The highest BCUT2D eigenvalue weighted by molar-refractivity contribution is 6.03. The van der Waals surface area contributed by atoms with Gasteiger partial charge in [-0.05, 0) is 70.1 Å². The van der Waals surface area contributed by atoms with Crippen molar-refractivity contribution in [3.63, 3.8) is 0 Å². The van der Waals surface area contributed by atoms with Gasteiger partial charge < -0.3 is 9.74 Å². The second-order valence-electron chi connectivity index (χ2n) is 14.4. The summed E-state index contributed by atoms with van der Waals surface area (Å²) >= 11 is 0. The molecule has 1 atom stereocenters. The Morgan fingerprint density at radius 3 is 2.40 bits per heavy atom. The standard InChI is InChI=1S/C40H46N3O4.CH4/c1-39(2)30-18-10-14-28-16-12-26-41(37(28)30)32(39)20-6-4-7-21-33-40(3,31-19-11-15-29-17-13-27-42(33)38(29)31)25-9-5-8-22-36(46)47-43-34(44)23-24-35(43)45;/h4,6-7,10-11,14-15,18-21H,5,8-9,12-13,16-17,22-27H2,1-3H3;1H4/q+1;. The molecule has 0 aliphatic carbocycles. The van der Waals surface area contributed by atoms with Crippen molar-refractivity contribution in [3.8, 4) is 0 Å².